The zero-order valence-corrected chi connectivity index (χ0v) is 14.8. The van der Waals surface area contributed by atoms with Gasteiger partial charge in [-0.25, -0.2) is 4.99 Å². The fourth-order valence-electron chi connectivity index (χ4n) is 2.25. The van der Waals surface area contributed by atoms with Crippen molar-refractivity contribution in [2.45, 2.75) is 26.4 Å². The van der Waals surface area contributed by atoms with Crippen LogP contribution in [0, 0.1) is 0 Å². The number of rotatable bonds is 8. The topological polar surface area (TPSA) is 53.6 Å². The predicted molar refractivity (Wildman–Crippen MR) is 99.8 cm³/mol. The fourth-order valence-corrected chi connectivity index (χ4v) is 2.96. The molecule has 4 nitrogen and oxygen atoms in total. The molecule has 0 unspecified atom stereocenters. The molecule has 2 rings (SSSR count). The highest BCUT2D eigenvalue weighted by molar-refractivity contribution is 7.09. The van der Waals surface area contributed by atoms with E-state index in [4.69, 9.17) is 5.73 Å². The lowest BCUT2D eigenvalue weighted by atomic mass is 10.1. The molecule has 0 fully saturated rings. The molecule has 0 spiro atoms. The Bertz CT molecular complexity index is 607. The lowest BCUT2D eigenvalue weighted by Crippen LogP contribution is -2.33. The van der Waals surface area contributed by atoms with E-state index in [1.807, 2.05) is 0 Å². The SMILES string of the molecule is CCN(C)Cc1cccc(CN=C(N)NCCc2cccs2)c1. The normalized spacial score (nSPS) is 11.9. The number of nitrogens with zero attached hydrogens (tertiary/aromatic N) is 2. The first-order chi connectivity index (χ1) is 11.2. The van der Waals surface area contributed by atoms with E-state index in [1.54, 1.807) is 11.3 Å². The summed E-state index contributed by atoms with van der Waals surface area (Å²) in [6.45, 7) is 5.60. The maximum atomic E-state index is 5.94. The zero-order valence-electron chi connectivity index (χ0n) is 14.0. The molecule has 0 saturated heterocycles. The van der Waals surface area contributed by atoms with Gasteiger partial charge in [-0.15, -0.1) is 11.3 Å². The van der Waals surface area contributed by atoms with Gasteiger partial charge in [0.2, 0.25) is 0 Å². The lowest BCUT2D eigenvalue weighted by molar-refractivity contribution is 0.345. The minimum Gasteiger partial charge on any atom is -0.370 e. The Morgan fingerprint density at radius 1 is 1.26 bits per heavy atom. The summed E-state index contributed by atoms with van der Waals surface area (Å²) in [5, 5.41) is 5.27. The van der Waals surface area contributed by atoms with Crippen LogP contribution in [0.2, 0.25) is 0 Å². The average molecular weight is 331 g/mol. The van der Waals surface area contributed by atoms with Gasteiger partial charge in [-0.05, 0) is 42.6 Å². The first-order valence-electron chi connectivity index (χ1n) is 8.00. The lowest BCUT2D eigenvalue weighted by Gasteiger charge is -2.14. The molecule has 23 heavy (non-hydrogen) atoms. The molecule has 0 atom stereocenters. The van der Waals surface area contributed by atoms with Gasteiger partial charge >= 0.3 is 0 Å². The van der Waals surface area contributed by atoms with Crippen molar-refractivity contribution in [3.05, 3.63) is 57.8 Å². The van der Waals surface area contributed by atoms with E-state index in [-0.39, 0.29) is 0 Å². The van der Waals surface area contributed by atoms with Gasteiger partial charge in [-0.3, -0.25) is 0 Å². The first-order valence-corrected chi connectivity index (χ1v) is 8.88. The van der Waals surface area contributed by atoms with Gasteiger partial charge in [-0.2, -0.15) is 0 Å². The number of nitrogens with two attached hydrogens (primary N) is 1. The van der Waals surface area contributed by atoms with Gasteiger partial charge in [0.15, 0.2) is 5.96 Å². The molecule has 1 aromatic carbocycles. The molecular weight excluding hydrogens is 304 g/mol. The van der Waals surface area contributed by atoms with Crippen LogP contribution in [-0.2, 0) is 19.5 Å². The summed E-state index contributed by atoms with van der Waals surface area (Å²) in [6.07, 6.45) is 0.979. The van der Waals surface area contributed by atoms with Crippen LogP contribution in [0.25, 0.3) is 0 Å². The summed E-state index contributed by atoms with van der Waals surface area (Å²) in [4.78, 5) is 8.07. The second kappa shape index (κ2) is 9.33. The van der Waals surface area contributed by atoms with Gasteiger partial charge in [0.1, 0.15) is 0 Å². The molecule has 0 aliphatic rings. The molecule has 2 aromatic rings. The van der Waals surface area contributed by atoms with Crippen molar-refractivity contribution in [3.63, 3.8) is 0 Å². The van der Waals surface area contributed by atoms with Crippen LogP contribution in [0.1, 0.15) is 22.9 Å². The van der Waals surface area contributed by atoms with Crippen LogP contribution < -0.4 is 11.1 Å². The minimum absolute atomic E-state index is 0.512. The molecule has 5 heteroatoms. The maximum absolute atomic E-state index is 5.94. The van der Waals surface area contributed by atoms with E-state index in [0.717, 1.165) is 26.1 Å². The van der Waals surface area contributed by atoms with Crippen molar-refractivity contribution in [1.82, 2.24) is 10.2 Å². The van der Waals surface area contributed by atoms with Crippen LogP contribution >= 0.6 is 11.3 Å². The summed E-state index contributed by atoms with van der Waals surface area (Å²) in [5.74, 6) is 0.512. The molecule has 0 aliphatic carbocycles. The summed E-state index contributed by atoms with van der Waals surface area (Å²) >= 11 is 1.77. The molecular formula is C18H26N4S. The number of guanidine groups is 1. The standard InChI is InChI=1S/C18H26N4S/c1-3-22(2)14-16-7-4-6-15(12-16)13-21-18(19)20-10-9-17-8-5-11-23-17/h4-8,11-12H,3,9-10,13-14H2,1-2H3,(H3,19,20,21). The monoisotopic (exact) mass is 330 g/mol. The Morgan fingerprint density at radius 3 is 2.83 bits per heavy atom. The Balaban J connectivity index is 1.80. The van der Waals surface area contributed by atoms with Crippen molar-refractivity contribution in [2.24, 2.45) is 10.7 Å². The third-order valence-corrected chi connectivity index (χ3v) is 4.61. The van der Waals surface area contributed by atoms with Crippen LogP contribution in [0.3, 0.4) is 0 Å². The van der Waals surface area contributed by atoms with Crippen LogP contribution in [0.4, 0.5) is 0 Å². The number of benzene rings is 1. The number of hydrogen-bond donors (Lipinski definition) is 2. The first kappa shape index (κ1) is 17.5. The Hall–Kier alpha value is -1.85. The highest BCUT2D eigenvalue weighted by Gasteiger charge is 2.00. The summed E-state index contributed by atoms with van der Waals surface area (Å²) in [5.41, 5.74) is 8.44. The Labute approximate surface area is 143 Å². The van der Waals surface area contributed by atoms with Crippen molar-refractivity contribution in [1.29, 1.82) is 0 Å². The van der Waals surface area contributed by atoms with Crippen LogP contribution in [0.5, 0.6) is 0 Å². The van der Waals surface area contributed by atoms with Crippen molar-refractivity contribution in [3.8, 4) is 0 Å². The van der Waals surface area contributed by atoms with Gasteiger partial charge < -0.3 is 16.0 Å². The number of thiophene rings is 1. The number of hydrogen-bond acceptors (Lipinski definition) is 3. The molecule has 124 valence electrons. The van der Waals surface area contributed by atoms with Crippen LogP contribution in [-0.4, -0.2) is 31.0 Å². The van der Waals surface area contributed by atoms with Gasteiger partial charge in [0.05, 0.1) is 6.54 Å². The molecule has 1 aromatic heterocycles. The zero-order chi connectivity index (χ0) is 16.5. The molecule has 1 heterocycles. The third kappa shape index (κ3) is 6.42. The molecule has 0 radical (unpaired) electrons. The second-order valence-electron chi connectivity index (χ2n) is 5.61. The summed E-state index contributed by atoms with van der Waals surface area (Å²) < 4.78 is 0. The smallest absolute Gasteiger partial charge is 0.188 e. The van der Waals surface area contributed by atoms with Gasteiger partial charge in [-0.1, -0.05) is 37.3 Å². The van der Waals surface area contributed by atoms with Gasteiger partial charge in [0.25, 0.3) is 0 Å². The largest absolute Gasteiger partial charge is 0.370 e. The van der Waals surface area contributed by atoms with Crippen molar-refractivity contribution < 1.29 is 0 Å². The highest BCUT2D eigenvalue weighted by atomic mass is 32.1. The molecule has 0 amide bonds. The predicted octanol–water partition coefficient (Wildman–Crippen LogP) is 2.85. The maximum Gasteiger partial charge on any atom is 0.188 e. The molecule has 0 bridgehead atoms. The van der Waals surface area contributed by atoms with E-state index in [9.17, 15) is 0 Å². The molecule has 3 N–H and O–H groups in total. The summed E-state index contributed by atoms with van der Waals surface area (Å²) in [6, 6.07) is 12.7. The van der Waals surface area contributed by atoms with E-state index in [0.29, 0.717) is 12.5 Å². The second-order valence-corrected chi connectivity index (χ2v) is 6.64. The minimum atomic E-state index is 0.512. The van der Waals surface area contributed by atoms with Crippen molar-refractivity contribution in [2.75, 3.05) is 20.1 Å². The summed E-state index contributed by atoms with van der Waals surface area (Å²) in [7, 11) is 2.13. The average Bonchev–Trinajstić information content (AvgIpc) is 3.06. The fraction of sp³-hybridized carbons (Fsp3) is 0.389. The van der Waals surface area contributed by atoms with E-state index >= 15 is 0 Å². The van der Waals surface area contributed by atoms with E-state index < -0.39 is 0 Å². The van der Waals surface area contributed by atoms with E-state index in [2.05, 4.69) is 71.0 Å². The quantitative estimate of drug-likeness (QED) is 0.578. The van der Waals surface area contributed by atoms with Crippen LogP contribution in [0.15, 0.2) is 46.8 Å². The highest BCUT2D eigenvalue weighted by Crippen LogP contribution is 2.09. The van der Waals surface area contributed by atoms with Gasteiger partial charge in [0, 0.05) is 18.0 Å². The third-order valence-electron chi connectivity index (χ3n) is 3.67. The van der Waals surface area contributed by atoms with Crippen molar-refractivity contribution >= 4 is 17.3 Å². The number of aliphatic imine (C=N–C) groups is 1. The number of nitrogens with one attached hydrogen (secondary N) is 1. The Morgan fingerprint density at radius 2 is 2.09 bits per heavy atom. The molecule has 0 saturated carbocycles. The Kier molecular flexibility index (Phi) is 7.10. The van der Waals surface area contributed by atoms with E-state index in [1.165, 1.54) is 16.0 Å². The molecule has 0 aliphatic heterocycles.